The van der Waals surface area contributed by atoms with E-state index in [0.29, 0.717) is 13.0 Å². The van der Waals surface area contributed by atoms with Gasteiger partial charge >= 0.3 is 0 Å². The lowest BCUT2D eigenvalue weighted by atomic mass is 10.0. The van der Waals surface area contributed by atoms with Gasteiger partial charge in [-0.05, 0) is 12.3 Å². The predicted octanol–water partition coefficient (Wildman–Crippen LogP) is 0.344. The molecule has 0 aromatic carbocycles. The van der Waals surface area contributed by atoms with Gasteiger partial charge in [0.2, 0.25) is 11.8 Å². The van der Waals surface area contributed by atoms with Gasteiger partial charge in [-0.15, -0.1) is 0 Å². The summed E-state index contributed by atoms with van der Waals surface area (Å²) in [6.07, 6.45) is 1.13. The maximum Gasteiger partial charge on any atom is 0.239 e. The van der Waals surface area contributed by atoms with Crippen LogP contribution in [-0.2, 0) is 9.59 Å². The molecule has 3 N–H and O–H groups in total. The maximum absolute atomic E-state index is 12.0. The molecule has 0 fully saturated rings. The van der Waals surface area contributed by atoms with Gasteiger partial charge in [-0.2, -0.15) is 0 Å². The van der Waals surface area contributed by atoms with E-state index >= 15 is 0 Å². The van der Waals surface area contributed by atoms with Crippen LogP contribution < -0.4 is 11.1 Å². The van der Waals surface area contributed by atoms with E-state index in [1.807, 2.05) is 20.8 Å². The van der Waals surface area contributed by atoms with E-state index in [1.165, 1.54) is 0 Å². The molecule has 100 valence electrons. The van der Waals surface area contributed by atoms with Crippen molar-refractivity contribution in [2.45, 2.75) is 39.7 Å². The number of rotatable bonds is 7. The molecule has 0 aliphatic carbocycles. The SMILES string of the molecule is CCCN(CC(=O)NC)C(=O)CC(N)C(C)C. The number of nitrogens with zero attached hydrogens (tertiary/aromatic N) is 1. The van der Waals surface area contributed by atoms with Crippen molar-refractivity contribution in [1.29, 1.82) is 0 Å². The zero-order chi connectivity index (χ0) is 13.4. The van der Waals surface area contributed by atoms with Gasteiger partial charge in [-0.1, -0.05) is 20.8 Å². The number of carbonyl (C=O) groups excluding carboxylic acids is 2. The van der Waals surface area contributed by atoms with E-state index in [1.54, 1.807) is 11.9 Å². The second kappa shape index (κ2) is 8.06. The summed E-state index contributed by atoms with van der Waals surface area (Å²) in [4.78, 5) is 24.8. The van der Waals surface area contributed by atoms with Crippen LogP contribution in [0.4, 0.5) is 0 Å². The van der Waals surface area contributed by atoms with Gasteiger partial charge in [-0.3, -0.25) is 9.59 Å². The van der Waals surface area contributed by atoms with Gasteiger partial charge in [0, 0.05) is 26.1 Å². The summed E-state index contributed by atoms with van der Waals surface area (Å²) in [5.74, 6) is 0.0731. The van der Waals surface area contributed by atoms with Gasteiger partial charge in [-0.25, -0.2) is 0 Å². The quantitative estimate of drug-likeness (QED) is 0.677. The zero-order valence-corrected chi connectivity index (χ0v) is 11.3. The molecular formula is C12H25N3O2. The third-order valence-electron chi connectivity index (χ3n) is 2.73. The Bertz CT molecular complexity index is 254. The first-order chi connectivity index (χ1) is 7.92. The van der Waals surface area contributed by atoms with E-state index in [4.69, 9.17) is 5.73 Å². The van der Waals surface area contributed by atoms with E-state index in [2.05, 4.69) is 5.32 Å². The zero-order valence-electron chi connectivity index (χ0n) is 11.3. The van der Waals surface area contributed by atoms with Crippen molar-refractivity contribution in [2.24, 2.45) is 11.7 Å². The van der Waals surface area contributed by atoms with Crippen molar-refractivity contribution in [1.82, 2.24) is 10.2 Å². The molecule has 0 aromatic heterocycles. The molecule has 5 nitrogen and oxygen atoms in total. The highest BCUT2D eigenvalue weighted by atomic mass is 16.2. The molecule has 0 aliphatic heterocycles. The van der Waals surface area contributed by atoms with Crippen LogP contribution in [0, 0.1) is 5.92 Å². The van der Waals surface area contributed by atoms with E-state index in [9.17, 15) is 9.59 Å². The fraction of sp³-hybridized carbons (Fsp3) is 0.833. The Kier molecular flexibility index (Phi) is 7.54. The highest BCUT2D eigenvalue weighted by Crippen LogP contribution is 2.06. The highest BCUT2D eigenvalue weighted by molar-refractivity contribution is 5.84. The monoisotopic (exact) mass is 243 g/mol. The van der Waals surface area contributed by atoms with Crippen molar-refractivity contribution in [2.75, 3.05) is 20.1 Å². The van der Waals surface area contributed by atoms with Crippen molar-refractivity contribution in [3.05, 3.63) is 0 Å². The van der Waals surface area contributed by atoms with Gasteiger partial charge < -0.3 is 16.0 Å². The first kappa shape index (κ1) is 15.9. The molecule has 1 unspecified atom stereocenters. The van der Waals surface area contributed by atoms with Crippen LogP contribution in [0.1, 0.15) is 33.6 Å². The Morgan fingerprint density at radius 1 is 1.35 bits per heavy atom. The first-order valence-electron chi connectivity index (χ1n) is 6.16. The largest absolute Gasteiger partial charge is 0.358 e. The lowest BCUT2D eigenvalue weighted by Gasteiger charge is -2.24. The van der Waals surface area contributed by atoms with Gasteiger partial charge in [0.05, 0.1) is 6.54 Å². The fourth-order valence-corrected chi connectivity index (χ4v) is 1.38. The molecule has 0 saturated heterocycles. The van der Waals surface area contributed by atoms with Crippen LogP contribution in [0.15, 0.2) is 0 Å². The third-order valence-corrected chi connectivity index (χ3v) is 2.73. The van der Waals surface area contributed by atoms with Crippen LogP contribution in [0.3, 0.4) is 0 Å². The molecule has 17 heavy (non-hydrogen) atoms. The molecule has 0 saturated carbocycles. The molecule has 2 amide bonds. The molecule has 0 bridgehead atoms. The Morgan fingerprint density at radius 2 is 1.94 bits per heavy atom. The van der Waals surface area contributed by atoms with Crippen molar-refractivity contribution in [3.8, 4) is 0 Å². The summed E-state index contributed by atoms with van der Waals surface area (Å²) in [7, 11) is 1.57. The molecule has 0 aromatic rings. The van der Waals surface area contributed by atoms with Crippen LogP contribution >= 0.6 is 0 Å². The van der Waals surface area contributed by atoms with Crippen LogP contribution in [0.2, 0.25) is 0 Å². The summed E-state index contributed by atoms with van der Waals surface area (Å²) < 4.78 is 0. The second-order valence-electron chi connectivity index (χ2n) is 4.60. The van der Waals surface area contributed by atoms with E-state index in [0.717, 1.165) is 6.42 Å². The van der Waals surface area contributed by atoms with Gasteiger partial charge in [0.25, 0.3) is 0 Å². The van der Waals surface area contributed by atoms with Crippen molar-refractivity contribution >= 4 is 11.8 Å². The summed E-state index contributed by atoms with van der Waals surface area (Å²) in [5, 5.41) is 2.52. The Hall–Kier alpha value is -1.10. The molecule has 0 heterocycles. The molecule has 5 heteroatoms. The van der Waals surface area contributed by atoms with Crippen molar-refractivity contribution in [3.63, 3.8) is 0 Å². The van der Waals surface area contributed by atoms with E-state index < -0.39 is 0 Å². The average Bonchev–Trinajstić information content (AvgIpc) is 2.27. The summed E-state index contributed by atoms with van der Waals surface area (Å²) in [6.45, 7) is 6.67. The first-order valence-corrected chi connectivity index (χ1v) is 6.16. The minimum absolute atomic E-state index is 0.0448. The van der Waals surface area contributed by atoms with E-state index in [-0.39, 0.29) is 30.3 Å². The minimum Gasteiger partial charge on any atom is -0.358 e. The van der Waals surface area contributed by atoms with Gasteiger partial charge in [0.1, 0.15) is 0 Å². The van der Waals surface area contributed by atoms with Gasteiger partial charge in [0.15, 0.2) is 0 Å². The van der Waals surface area contributed by atoms with Crippen LogP contribution in [-0.4, -0.2) is 42.9 Å². The second-order valence-corrected chi connectivity index (χ2v) is 4.60. The number of nitrogens with two attached hydrogens (primary N) is 1. The standard InChI is InChI=1S/C12H25N3O2/c1-5-6-15(8-11(16)14-4)12(17)7-10(13)9(2)3/h9-10H,5-8,13H2,1-4H3,(H,14,16). The summed E-state index contributed by atoms with van der Waals surface area (Å²) in [5.41, 5.74) is 5.87. The minimum atomic E-state index is -0.148. The molecular weight excluding hydrogens is 218 g/mol. The normalized spacial score (nSPS) is 12.4. The Balaban J connectivity index is 4.38. The lowest BCUT2D eigenvalue weighted by molar-refractivity contribution is -0.136. The average molecular weight is 243 g/mol. The smallest absolute Gasteiger partial charge is 0.239 e. The number of nitrogens with one attached hydrogen (secondary N) is 1. The highest BCUT2D eigenvalue weighted by Gasteiger charge is 2.19. The van der Waals surface area contributed by atoms with Crippen LogP contribution in [0.25, 0.3) is 0 Å². The molecule has 0 aliphatic rings. The summed E-state index contributed by atoms with van der Waals surface area (Å²) >= 11 is 0. The molecule has 0 radical (unpaired) electrons. The third kappa shape index (κ3) is 6.26. The fourth-order valence-electron chi connectivity index (χ4n) is 1.38. The number of hydrogen-bond donors (Lipinski definition) is 2. The molecule has 0 rings (SSSR count). The number of carbonyl (C=O) groups is 2. The Morgan fingerprint density at radius 3 is 2.35 bits per heavy atom. The maximum atomic E-state index is 12.0. The molecule has 1 atom stereocenters. The van der Waals surface area contributed by atoms with Crippen molar-refractivity contribution < 1.29 is 9.59 Å². The number of amides is 2. The lowest BCUT2D eigenvalue weighted by Crippen LogP contribution is -2.43. The Labute approximate surface area is 104 Å². The number of hydrogen-bond acceptors (Lipinski definition) is 3. The topological polar surface area (TPSA) is 75.4 Å². The molecule has 0 spiro atoms. The predicted molar refractivity (Wildman–Crippen MR) is 68.4 cm³/mol. The number of likely N-dealkylation sites (N-methyl/N-ethyl adjacent to an activating group) is 1. The van der Waals surface area contributed by atoms with Crippen LogP contribution in [0.5, 0.6) is 0 Å². The summed E-state index contributed by atoms with van der Waals surface area (Å²) in [6, 6.07) is -0.147.